The third-order valence-corrected chi connectivity index (χ3v) is 5.40. The van der Waals surface area contributed by atoms with Crippen molar-refractivity contribution in [3.63, 3.8) is 0 Å². The van der Waals surface area contributed by atoms with E-state index in [-0.39, 0.29) is 28.2 Å². The highest BCUT2D eigenvalue weighted by atomic mass is 16.7. The number of fused-ring (bicyclic) bond motifs is 5. The van der Waals surface area contributed by atoms with Crippen LogP contribution in [0.4, 0.5) is 0 Å². The smallest absolute Gasteiger partial charge is 0.310 e. The number of rotatable bonds is 4. The molecule has 2 aromatic rings. The fraction of sp³-hybridized carbons (Fsp3) is 0.300. The van der Waals surface area contributed by atoms with Crippen molar-refractivity contribution in [3.8, 4) is 11.5 Å². The summed E-state index contributed by atoms with van der Waals surface area (Å²) in [5.74, 6) is -4.75. The quantitative estimate of drug-likeness (QED) is 0.753. The number of methoxy groups -OCH3 is 1. The van der Waals surface area contributed by atoms with Gasteiger partial charge in [-0.3, -0.25) is 9.59 Å². The third-order valence-electron chi connectivity index (χ3n) is 5.40. The number of carboxylic acid groups (broad SMARTS) is 1. The molecule has 0 bridgehead atoms. The predicted molar refractivity (Wildman–Crippen MR) is 92.9 cm³/mol. The number of carboxylic acids is 1. The van der Waals surface area contributed by atoms with Crippen LogP contribution in [0, 0.1) is 0 Å². The molecule has 0 saturated heterocycles. The van der Waals surface area contributed by atoms with Gasteiger partial charge in [0.05, 0.1) is 13.0 Å². The molecule has 0 aromatic heterocycles. The first-order valence-electron chi connectivity index (χ1n) is 8.52. The van der Waals surface area contributed by atoms with E-state index in [0.29, 0.717) is 12.0 Å². The van der Waals surface area contributed by atoms with Crippen LogP contribution in [0.25, 0.3) is 0 Å². The highest BCUT2D eigenvalue weighted by Crippen LogP contribution is 2.60. The van der Waals surface area contributed by atoms with E-state index in [2.05, 4.69) is 0 Å². The first-order chi connectivity index (χ1) is 12.8. The molecule has 1 heterocycles. The average Bonchev–Trinajstić information content (AvgIpc) is 2.99. The molecule has 27 heavy (non-hydrogen) atoms. The molecule has 3 unspecified atom stereocenters. The lowest BCUT2D eigenvalue weighted by Gasteiger charge is -2.28. The maximum absolute atomic E-state index is 13.0. The molecule has 7 nitrogen and oxygen atoms in total. The van der Waals surface area contributed by atoms with E-state index >= 15 is 0 Å². The normalized spacial score (nSPS) is 26.0. The van der Waals surface area contributed by atoms with E-state index in [1.165, 1.54) is 31.4 Å². The highest BCUT2D eigenvalue weighted by Gasteiger charge is 2.71. The van der Waals surface area contributed by atoms with Crippen LogP contribution in [0.5, 0.6) is 11.5 Å². The van der Waals surface area contributed by atoms with Gasteiger partial charge in [0.2, 0.25) is 11.4 Å². The number of hydrogen-bond donors (Lipinski definition) is 3. The van der Waals surface area contributed by atoms with Gasteiger partial charge >= 0.3 is 5.97 Å². The Kier molecular flexibility index (Phi) is 3.60. The van der Waals surface area contributed by atoms with Gasteiger partial charge in [-0.25, -0.2) is 0 Å². The summed E-state index contributed by atoms with van der Waals surface area (Å²) in [5.41, 5.74) is -1.72. The Labute approximate surface area is 154 Å². The fourth-order valence-electron chi connectivity index (χ4n) is 4.00. The van der Waals surface area contributed by atoms with Gasteiger partial charge in [-0.15, -0.1) is 0 Å². The summed E-state index contributed by atoms with van der Waals surface area (Å²) in [7, 11) is 1.36. The van der Waals surface area contributed by atoms with Crippen LogP contribution in [0.2, 0.25) is 0 Å². The van der Waals surface area contributed by atoms with Gasteiger partial charge in [-0.2, -0.15) is 0 Å². The van der Waals surface area contributed by atoms with Gasteiger partial charge in [0.25, 0.3) is 5.79 Å². The topological polar surface area (TPSA) is 113 Å². The molecule has 2 aromatic carbocycles. The molecule has 3 N–H and O–H groups in total. The second kappa shape index (κ2) is 5.55. The third kappa shape index (κ3) is 1.98. The number of ketones is 1. The number of carbonyl (C=O) groups is 2. The van der Waals surface area contributed by atoms with Crippen molar-refractivity contribution >= 4 is 11.8 Å². The lowest BCUT2D eigenvalue weighted by molar-refractivity contribution is -0.224. The average molecular weight is 370 g/mol. The lowest BCUT2D eigenvalue weighted by Crippen LogP contribution is -2.48. The maximum atomic E-state index is 13.0. The van der Waals surface area contributed by atoms with Crippen LogP contribution < -0.4 is 9.47 Å². The second-order valence-electron chi connectivity index (χ2n) is 6.73. The SMILES string of the molecule is CCC(C(=O)O)c1cc(OC)c2c(c1)C1(O)C(=O)c3ccccc3C1(O)O2. The van der Waals surface area contributed by atoms with E-state index in [4.69, 9.17) is 9.47 Å². The zero-order valence-corrected chi connectivity index (χ0v) is 14.7. The van der Waals surface area contributed by atoms with Crippen LogP contribution >= 0.6 is 0 Å². The summed E-state index contributed by atoms with van der Waals surface area (Å²) in [4.78, 5) is 24.6. The van der Waals surface area contributed by atoms with Crippen molar-refractivity contribution in [2.75, 3.05) is 7.11 Å². The fourth-order valence-corrected chi connectivity index (χ4v) is 4.00. The summed E-state index contributed by atoms with van der Waals surface area (Å²) < 4.78 is 11.0. The second-order valence-corrected chi connectivity index (χ2v) is 6.73. The van der Waals surface area contributed by atoms with Crippen molar-refractivity contribution in [2.45, 2.75) is 30.7 Å². The van der Waals surface area contributed by atoms with Crippen LogP contribution in [0.15, 0.2) is 36.4 Å². The number of carbonyl (C=O) groups excluding carboxylic acids is 1. The maximum Gasteiger partial charge on any atom is 0.310 e. The zero-order valence-electron chi connectivity index (χ0n) is 14.7. The Morgan fingerprint density at radius 3 is 2.56 bits per heavy atom. The molecular formula is C20H18O7. The number of Topliss-reactive ketones (excluding diaryl/α,β-unsaturated/α-hetero) is 1. The predicted octanol–water partition coefficient (Wildman–Crippen LogP) is 1.90. The molecular weight excluding hydrogens is 352 g/mol. The summed E-state index contributed by atoms with van der Waals surface area (Å²) in [5, 5.41) is 32.0. The minimum absolute atomic E-state index is 0.000231. The Balaban J connectivity index is 1.99. The Morgan fingerprint density at radius 2 is 1.93 bits per heavy atom. The van der Waals surface area contributed by atoms with Crippen molar-refractivity contribution in [3.05, 3.63) is 58.7 Å². The Bertz CT molecular complexity index is 982. The van der Waals surface area contributed by atoms with Gasteiger partial charge in [0, 0.05) is 16.7 Å². The van der Waals surface area contributed by atoms with Gasteiger partial charge in [-0.1, -0.05) is 31.2 Å². The van der Waals surface area contributed by atoms with Crippen molar-refractivity contribution in [2.24, 2.45) is 0 Å². The minimum Gasteiger partial charge on any atom is -0.493 e. The number of aliphatic carboxylic acids is 1. The summed E-state index contributed by atoms with van der Waals surface area (Å²) in [6.45, 7) is 1.72. The van der Waals surface area contributed by atoms with Gasteiger partial charge in [0.1, 0.15) is 0 Å². The first-order valence-corrected chi connectivity index (χ1v) is 8.52. The van der Waals surface area contributed by atoms with Gasteiger partial charge in [-0.05, 0) is 24.1 Å². The summed E-state index contributed by atoms with van der Waals surface area (Å²) in [6, 6.07) is 9.16. The molecule has 0 amide bonds. The Morgan fingerprint density at radius 1 is 1.22 bits per heavy atom. The molecule has 0 spiro atoms. The van der Waals surface area contributed by atoms with Crippen molar-refractivity contribution < 1.29 is 34.4 Å². The monoisotopic (exact) mass is 370 g/mol. The molecule has 0 radical (unpaired) electrons. The van der Waals surface area contributed by atoms with E-state index in [1.807, 2.05) is 0 Å². The molecule has 4 rings (SSSR count). The molecule has 1 aliphatic heterocycles. The van der Waals surface area contributed by atoms with Gasteiger partial charge < -0.3 is 24.8 Å². The summed E-state index contributed by atoms with van der Waals surface area (Å²) in [6.07, 6.45) is 0.301. The van der Waals surface area contributed by atoms with Crippen LogP contribution in [-0.4, -0.2) is 34.2 Å². The van der Waals surface area contributed by atoms with Crippen LogP contribution in [0.1, 0.15) is 46.3 Å². The largest absolute Gasteiger partial charge is 0.493 e. The van der Waals surface area contributed by atoms with Crippen LogP contribution in [-0.2, 0) is 16.2 Å². The first kappa shape index (κ1) is 17.5. The molecule has 7 heteroatoms. The molecule has 0 fully saturated rings. The van der Waals surface area contributed by atoms with E-state index in [1.54, 1.807) is 19.1 Å². The van der Waals surface area contributed by atoms with E-state index in [9.17, 15) is 24.9 Å². The van der Waals surface area contributed by atoms with E-state index in [0.717, 1.165) is 0 Å². The molecule has 0 saturated carbocycles. The number of aliphatic hydroxyl groups is 2. The minimum atomic E-state index is -2.38. The van der Waals surface area contributed by atoms with Crippen LogP contribution in [0.3, 0.4) is 0 Å². The molecule has 140 valence electrons. The van der Waals surface area contributed by atoms with E-state index < -0.39 is 29.1 Å². The lowest BCUT2D eigenvalue weighted by atomic mass is 9.84. The Hall–Kier alpha value is -2.90. The molecule has 1 aliphatic carbocycles. The number of hydrogen-bond acceptors (Lipinski definition) is 6. The van der Waals surface area contributed by atoms with Gasteiger partial charge in [0.15, 0.2) is 11.5 Å². The molecule has 3 atom stereocenters. The van der Waals surface area contributed by atoms with Crippen molar-refractivity contribution in [1.29, 1.82) is 0 Å². The standard InChI is InChI=1S/C20H18O7/c1-3-11(18(22)23)10-8-14-16(15(9-10)26-2)27-20(25)13-7-5-4-6-12(13)17(21)19(14,20)24/h4-9,11,24-25H,3H2,1-2H3,(H,22,23). The number of ether oxygens (including phenoxy) is 2. The zero-order chi connectivity index (χ0) is 19.6. The summed E-state index contributed by atoms with van der Waals surface area (Å²) >= 11 is 0. The van der Waals surface area contributed by atoms with Crippen molar-refractivity contribution in [1.82, 2.24) is 0 Å². The number of benzene rings is 2. The highest BCUT2D eigenvalue weighted by molar-refractivity contribution is 6.09. The molecule has 2 aliphatic rings.